The van der Waals surface area contributed by atoms with E-state index in [9.17, 15) is 18.0 Å². The topological polar surface area (TPSA) is 86.8 Å². The molecular weight excluding hydrogens is 510 g/mol. The lowest BCUT2D eigenvalue weighted by atomic mass is 10.1. The molecule has 8 heteroatoms. The number of nitrogens with zero attached hydrogens (tertiary/aromatic N) is 2. The largest absolute Gasteiger partial charge is 0.352 e. The van der Waals surface area contributed by atoms with Gasteiger partial charge in [0.15, 0.2) is 0 Å². The predicted octanol–water partition coefficient (Wildman–Crippen LogP) is 5.08. The minimum Gasteiger partial charge on any atom is -0.352 e. The predicted molar refractivity (Wildman–Crippen MR) is 156 cm³/mol. The van der Waals surface area contributed by atoms with Gasteiger partial charge in [0.2, 0.25) is 11.8 Å². The lowest BCUT2D eigenvalue weighted by Crippen LogP contribution is -2.53. The van der Waals surface area contributed by atoms with Gasteiger partial charge in [-0.05, 0) is 69.0 Å². The van der Waals surface area contributed by atoms with Gasteiger partial charge in [-0.25, -0.2) is 8.42 Å². The van der Waals surface area contributed by atoms with Crippen LogP contribution in [0.2, 0.25) is 0 Å². The average molecular weight is 550 g/mol. The minimum absolute atomic E-state index is 0.0900. The Morgan fingerprint density at radius 1 is 0.872 bits per heavy atom. The smallest absolute Gasteiger partial charge is 0.264 e. The second-order valence-electron chi connectivity index (χ2n) is 9.94. The summed E-state index contributed by atoms with van der Waals surface area (Å²) in [7, 11) is -4.07. The molecule has 0 heterocycles. The molecule has 0 fully saturated rings. The maximum absolute atomic E-state index is 14.0. The Morgan fingerprint density at radius 2 is 1.54 bits per heavy atom. The highest BCUT2D eigenvalue weighted by Crippen LogP contribution is 2.25. The summed E-state index contributed by atoms with van der Waals surface area (Å²) in [4.78, 5) is 28.8. The number of sulfonamides is 1. The number of nitrogens with one attached hydrogen (secondary N) is 1. The highest BCUT2D eigenvalue weighted by Gasteiger charge is 2.33. The Balaban J connectivity index is 2.05. The van der Waals surface area contributed by atoms with E-state index in [0.29, 0.717) is 12.1 Å². The van der Waals surface area contributed by atoms with Gasteiger partial charge >= 0.3 is 0 Å². The highest BCUT2D eigenvalue weighted by atomic mass is 32.2. The van der Waals surface area contributed by atoms with Crippen LogP contribution in [-0.2, 0) is 32.6 Å². The van der Waals surface area contributed by atoms with Crippen LogP contribution >= 0.6 is 0 Å². The van der Waals surface area contributed by atoms with E-state index in [1.165, 1.54) is 17.0 Å². The number of benzene rings is 3. The Kier molecular flexibility index (Phi) is 10.3. The molecule has 3 rings (SSSR count). The van der Waals surface area contributed by atoms with E-state index < -0.39 is 28.5 Å². The molecule has 0 saturated carbocycles. The van der Waals surface area contributed by atoms with Gasteiger partial charge in [0.05, 0.1) is 10.6 Å². The summed E-state index contributed by atoms with van der Waals surface area (Å²) in [5.74, 6) is -0.723. The Hall–Kier alpha value is -3.65. The first-order valence-electron chi connectivity index (χ1n) is 13.4. The average Bonchev–Trinajstić information content (AvgIpc) is 2.91. The van der Waals surface area contributed by atoms with E-state index in [1.807, 2.05) is 71.0 Å². The van der Waals surface area contributed by atoms with Crippen molar-refractivity contribution in [1.29, 1.82) is 0 Å². The van der Waals surface area contributed by atoms with Gasteiger partial charge in [-0.15, -0.1) is 0 Å². The monoisotopic (exact) mass is 549 g/mol. The van der Waals surface area contributed by atoms with Crippen molar-refractivity contribution in [3.8, 4) is 0 Å². The van der Waals surface area contributed by atoms with Gasteiger partial charge in [0.1, 0.15) is 12.6 Å². The molecule has 0 bridgehead atoms. The van der Waals surface area contributed by atoms with E-state index in [1.54, 1.807) is 30.3 Å². The third-order valence-electron chi connectivity index (χ3n) is 6.49. The van der Waals surface area contributed by atoms with Gasteiger partial charge in [0.25, 0.3) is 10.0 Å². The highest BCUT2D eigenvalue weighted by molar-refractivity contribution is 7.92. The van der Waals surface area contributed by atoms with Crippen LogP contribution in [0.3, 0.4) is 0 Å². The fourth-order valence-electron chi connectivity index (χ4n) is 4.45. The van der Waals surface area contributed by atoms with Crippen molar-refractivity contribution >= 4 is 27.5 Å². The van der Waals surface area contributed by atoms with Crippen LogP contribution in [0.1, 0.15) is 50.8 Å². The van der Waals surface area contributed by atoms with E-state index in [4.69, 9.17) is 0 Å². The van der Waals surface area contributed by atoms with Crippen LogP contribution in [0.15, 0.2) is 83.8 Å². The molecule has 1 N–H and O–H groups in total. The van der Waals surface area contributed by atoms with Crippen molar-refractivity contribution in [2.45, 2.75) is 71.0 Å². The maximum atomic E-state index is 14.0. The molecule has 1 atom stereocenters. The van der Waals surface area contributed by atoms with Crippen LogP contribution < -0.4 is 9.62 Å². The number of carbonyl (C=O) groups is 2. The molecule has 39 heavy (non-hydrogen) atoms. The molecule has 0 saturated heterocycles. The summed E-state index contributed by atoms with van der Waals surface area (Å²) < 4.78 is 28.8. The van der Waals surface area contributed by atoms with Gasteiger partial charge in [-0.3, -0.25) is 13.9 Å². The van der Waals surface area contributed by atoms with Crippen molar-refractivity contribution in [3.63, 3.8) is 0 Å². The normalized spacial score (nSPS) is 12.2. The molecule has 0 aliphatic carbocycles. The molecule has 2 amide bonds. The second-order valence-corrected chi connectivity index (χ2v) is 11.8. The van der Waals surface area contributed by atoms with Crippen LogP contribution in [0.5, 0.6) is 0 Å². The molecule has 7 nitrogen and oxygen atoms in total. The van der Waals surface area contributed by atoms with Crippen LogP contribution in [0.25, 0.3) is 0 Å². The molecule has 0 radical (unpaired) electrons. The summed E-state index contributed by atoms with van der Waals surface area (Å²) in [6.07, 6.45) is 1.19. The van der Waals surface area contributed by atoms with Gasteiger partial charge in [-0.1, -0.05) is 74.0 Å². The quantitative estimate of drug-likeness (QED) is 0.341. The molecular formula is C31H39N3O4S. The summed E-state index contributed by atoms with van der Waals surface area (Å²) in [5.41, 5.74) is 3.34. The Labute approximate surface area is 232 Å². The number of carbonyl (C=O) groups excluding carboxylic acids is 2. The first kappa shape index (κ1) is 29.9. The number of anilines is 1. The van der Waals surface area contributed by atoms with Gasteiger partial charge < -0.3 is 10.2 Å². The van der Waals surface area contributed by atoms with Crippen LogP contribution in [0.4, 0.5) is 5.69 Å². The van der Waals surface area contributed by atoms with E-state index >= 15 is 0 Å². The lowest BCUT2D eigenvalue weighted by molar-refractivity contribution is -0.140. The Bertz CT molecular complexity index is 1360. The van der Waals surface area contributed by atoms with E-state index in [0.717, 1.165) is 27.4 Å². The number of amides is 2. The molecule has 3 aromatic rings. The zero-order valence-electron chi connectivity index (χ0n) is 23.4. The van der Waals surface area contributed by atoms with Crippen LogP contribution in [-0.4, -0.2) is 43.8 Å². The van der Waals surface area contributed by atoms with E-state index in [2.05, 4.69) is 5.32 Å². The number of aryl methyl sites for hydroxylation is 2. The zero-order chi connectivity index (χ0) is 28.6. The number of rotatable bonds is 12. The SMILES string of the molecule is CCc1ccc(N(CC(=O)N(Cc2cccc(C)c2)[C@H](CC)C(=O)NC(C)C)S(=O)(=O)c2ccccc2)cc1. The first-order chi connectivity index (χ1) is 18.6. The third-order valence-corrected chi connectivity index (χ3v) is 8.28. The maximum Gasteiger partial charge on any atom is 0.264 e. The van der Waals surface area contributed by atoms with Crippen molar-refractivity contribution < 1.29 is 18.0 Å². The van der Waals surface area contributed by atoms with Crippen molar-refractivity contribution in [2.24, 2.45) is 0 Å². The standard InChI is InChI=1S/C31H39N3O4S/c1-6-25-16-18-27(19-17-25)34(39(37,38)28-14-9-8-10-15-28)22-30(35)33(21-26-13-11-12-24(5)20-26)29(7-2)31(36)32-23(3)4/h8-20,23,29H,6-7,21-22H2,1-5H3,(H,32,36)/t29-/m1/s1. The fourth-order valence-corrected chi connectivity index (χ4v) is 5.89. The number of hydrogen-bond acceptors (Lipinski definition) is 4. The fraction of sp³-hybridized carbons (Fsp3) is 0.355. The summed E-state index contributed by atoms with van der Waals surface area (Å²) in [6.45, 7) is 9.30. The van der Waals surface area contributed by atoms with Crippen molar-refractivity contribution in [1.82, 2.24) is 10.2 Å². The van der Waals surface area contributed by atoms with E-state index in [-0.39, 0.29) is 23.4 Å². The molecule has 0 aliphatic rings. The van der Waals surface area contributed by atoms with Gasteiger partial charge in [0, 0.05) is 12.6 Å². The second kappa shape index (κ2) is 13.4. The molecule has 208 valence electrons. The molecule has 3 aromatic carbocycles. The third kappa shape index (κ3) is 7.69. The van der Waals surface area contributed by atoms with Gasteiger partial charge in [-0.2, -0.15) is 0 Å². The molecule has 0 aromatic heterocycles. The van der Waals surface area contributed by atoms with Crippen molar-refractivity contribution in [3.05, 3.63) is 95.6 Å². The summed E-state index contributed by atoms with van der Waals surface area (Å²) >= 11 is 0. The molecule has 0 spiro atoms. The first-order valence-corrected chi connectivity index (χ1v) is 14.8. The molecule has 0 unspecified atom stereocenters. The Morgan fingerprint density at radius 3 is 2.10 bits per heavy atom. The van der Waals surface area contributed by atoms with Crippen molar-refractivity contribution in [2.75, 3.05) is 10.8 Å². The summed E-state index contributed by atoms with van der Waals surface area (Å²) in [5, 5.41) is 2.92. The minimum atomic E-state index is -4.07. The zero-order valence-corrected chi connectivity index (χ0v) is 24.2. The van der Waals surface area contributed by atoms with Crippen LogP contribution in [0, 0.1) is 6.92 Å². The molecule has 0 aliphatic heterocycles. The lowest BCUT2D eigenvalue weighted by Gasteiger charge is -2.33. The number of hydrogen-bond donors (Lipinski definition) is 1. The summed E-state index contributed by atoms with van der Waals surface area (Å²) in [6, 6.07) is 22.1.